The summed E-state index contributed by atoms with van der Waals surface area (Å²) in [5.41, 5.74) is 2.98. The van der Waals surface area contributed by atoms with E-state index in [9.17, 15) is 4.79 Å². The molecule has 3 rings (SSSR count). The third kappa shape index (κ3) is 5.01. The summed E-state index contributed by atoms with van der Waals surface area (Å²) < 4.78 is 11.0. The number of rotatable bonds is 7. The van der Waals surface area contributed by atoms with Crippen molar-refractivity contribution in [3.63, 3.8) is 0 Å². The highest BCUT2D eigenvalue weighted by atomic mass is 32.2. The summed E-state index contributed by atoms with van der Waals surface area (Å²) in [7, 11) is 7.28. The molecule has 2 aromatic carbocycles. The van der Waals surface area contributed by atoms with Crippen molar-refractivity contribution >= 4 is 23.4 Å². The molecule has 1 heterocycles. The van der Waals surface area contributed by atoms with Crippen LogP contribution in [0.4, 0.5) is 0 Å². The van der Waals surface area contributed by atoms with Gasteiger partial charge in [0.15, 0.2) is 6.10 Å². The number of carbonyl (C=O) groups is 1. The Kier molecular flexibility index (Phi) is 7.36. The molecule has 0 saturated carbocycles. The van der Waals surface area contributed by atoms with Crippen LogP contribution in [0.15, 0.2) is 60.0 Å². The van der Waals surface area contributed by atoms with Crippen LogP contribution in [0.1, 0.15) is 16.4 Å². The standard InChI is InChI=1S/C23H28N2O3S/c1-24(2)14-15-25-20(17-8-6-5-7-9-17)16-29-22(21(28-4)23(25)26)18-10-12-19(27-3)13-11-18/h5-13,16,21-22H,14-15H2,1-4H3/t21-,22+/m1/s1. The third-order valence-electron chi connectivity index (χ3n) is 4.94. The van der Waals surface area contributed by atoms with Crippen LogP contribution in [-0.4, -0.2) is 63.2 Å². The predicted octanol–water partition coefficient (Wildman–Crippen LogP) is 3.89. The average Bonchev–Trinajstić information content (AvgIpc) is 2.89. The van der Waals surface area contributed by atoms with Crippen LogP contribution in [0.3, 0.4) is 0 Å². The Morgan fingerprint density at radius 2 is 1.72 bits per heavy atom. The molecule has 1 aliphatic rings. The van der Waals surface area contributed by atoms with E-state index < -0.39 is 6.10 Å². The molecule has 0 aromatic heterocycles. The second kappa shape index (κ2) is 9.96. The summed E-state index contributed by atoms with van der Waals surface area (Å²) in [4.78, 5) is 17.5. The fraction of sp³-hybridized carbons (Fsp3) is 0.348. The molecule has 154 valence electrons. The molecule has 6 heteroatoms. The van der Waals surface area contributed by atoms with Gasteiger partial charge in [-0.25, -0.2) is 0 Å². The molecule has 1 aliphatic heterocycles. The fourth-order valence-electron chi connectivity index (χ4n) is 3.31. The zero-order valence-electron chi connectivity index (χ0n) is 17.4. The van der Waals surface area contributed by atoms with Crippen molar-refractivity contribution in [2.45, 2.75) is 11.4 Å². The Labute approximate surface area is 177 Å². The summed E-state index contributed by atoms with van der Waals surface area (Å²) in [5, 5.41) is 1.96. The molecule has 29 heavy (non-hydrogen) atoms. The zero-order valence-corrected chi connectivity index (χ0v) is 18.2. The Balaban J connectivity index is 2.00. The maximum absolute atomic E-state index is 13.6. The number of nitrogens with zero attached hydrogens (tertiary/aromatic N) is 2. The van der Waals surface area contributed by atoms with Gasteiger partial charge in [-0.05, 0) is 42.8 Å². The van der Waals surface area contributed by atoms with Gasteiger partial charge in [-0.3, -0.25) is 4.79 Å². The average molecular weight is 413 g/mol. The van der Waals surface area contributed by atoms with Gasteiger partial charge in [0.25, 0.3) is 5.91 Å². The molecular formula is C23H28N2O3S. The van der Waals surface area contributed by atoms with E-state index in [1.165, 1.54) is 0 Å². The lowest BCUT2D eigenvalue weighted by Gasteiger charge is -2.29. The van der Waals surface area contributed by atoms with Gasteiger partial charge in [-0.1, -0.05) is 42.5 Å². The van der Waals surface area contributed by atoms with Gasteiger partial charge in [-0.15, -0.1) is 11.8 Å². The van der Waals surface area contributed by atoms with E-state index in [1.807, 2.05) is 73.6 Å². The molecule has 2 aromatic rings. The molecule has 2 atom stereocenters. The van der Waals surface area contributed by atoms with E-state index in [0.29, 0.717) is 6.54 Å². The van der Waals surface area contributed by atoms with Crippen LogP contribution in [0.25, 0.3) is 5.70 Å². The number of ether oxygens (including phenoxy) is 2. The van der Waals surface area contributed by atoms with Crippen molar-refractivity contribution in [1.29, 1.82) is 0 Å². The minimum atomic E-state index is -0.576. The lowest BCUT2D eigenvalue weighted by Crippen LogP contribution is -2.42. The lowest BCUT2D eigenvalue weighted by atomic mass is 10.0. The number of carbonyl (C=O) groups excluding carboxylic acids is 1. The Morgan fingerprint density at radius 1 is 1.03 bits per heavy atom. The normalized spacial score (nSPS) is 19.8. The van der Waals surface area contributed by atoms with Gasteiger partial charge in [-0.2, -0.15) is 0 Å². The fourth-order valence-corrected chi connectivity index (χ4v) is 4.53. The summed E-state index contributed by atoms with van der Waals surface area (Å²) >= 11 is 1.62. The molecule has 0 saturated heterocycles. The highest BCUT2D eigenvalue weighted by molar-refractivity contribution is 8.02. The molecule has 5 nitrogen and oxygen atoms in total. The molecule has 0 bridgehead atoms. The van der Waals surface area contributed by atoms with Gasteiger partial charge in [0.1, 0.15) is 5.75 Å². The molecule has 0 radical (unpaired) electrons. The molecule has 1 amide bonds. The SMILES string of the molecule is COc1ccc([C@@H]2SC=C(c3ccccc3)N(CCN(C)C)C(=O)[C@@H]2OC)cc1. The number of methoxy groups -OCH3 is 2. The summed E-state index contributed by atoms with van der Waals surface area (Å²) in [5.74, 6) is 0.774. The second-order valence-electron chi connectivity index (χ2n) is 7.15. The van der Waals surface area contributed by atoms with E-state index in [1.54, 1.807) is 26.0 Å². The first-order valence-electron chi connectivity index (χ1n) is 9.59. The van der Waals surface area contributed by atoms with E-state index in [0.717, 1.165) is 29.1 Å². The predicted molar refractivity (Wildman–Crippen MR) is 119 cm³/mol. The van der Waals surface area contributed by atoms with Crippen LogP contribution < -0.4 is 4.74 Å². The van der Waals surface area contributed by atoms with E-state index >= 15 is 0 Å². The Bertz CT molecular complexity index is 837. The van der Waals surface area contributed by atoms with Gasteiger partial charge < -0.3 is 19.3 Å². The third-order valence-corrected chi connectivity index (χ3v) is 6.11. The van der Waals surface area contributed by atoms with Crippen molar-refractivity contribution in [1.82, 2.24) is 9.80 Å². The second-order valence-corrected chi connectivity index (χ2v) is 8.16. The van der Waals surface area contributed by atoms with Crippen molar-refractivity contribution < 1.29 is 14.3 Å². The first kappa shape index (κ1) is 21.4. The maximum atomic E-state index is 13.6. The molecule has 0 fully saturated rings. The largest absolute Gasteiger partial charge is 0.497 e. The number of hydrogen-bond donors (Lipinski definition) is 0. The van der Waals surface area contributed by atoms with Crippen molar-refractivity contribution in [3.05, 3.63) is 71.1 Å². The van der Waals surface area contributed by atoms with Crippen LogP contribution >= 0.6 is 11.8 Å². The van der Waals surface area contributed by atoms with Crippen molar-refractivity contribution in [3.8, 4) is 5.75 Å². The lowest BCUT2D eigenvalue weighted by molar-refractivity contribution is -0.138. The molecule has 0 spiro atoms. The van der Waals surface area contributed by atoms with Crippen LogP contribution in [0.5, 0.6) is 5.75 Å². The Morgan fingerprint density at radius 3 is 2.31 bits per heavy atom. The first-order chi connectivity index (χ1) is 14.0. The summed E-state index contributed by atoms with van der Waals surface area (Å²) in [6.07, 6.45) is -0.576. The smallest absolute Gasteiger partial charge is 0.257 e. The van der Waals surface area contributed by atoms with Crippen LogP contribution in [0.2, 0.25) is 0 Å². The van der Waals surface area contributed by atoms with E-state index in [-0.39, 0.29) is 11.2 Å². The van der Waals surface area contributed by atoms with Gasteiger partial charge in [0.05, 0.1) is 18.1 Å². The minimum absolute atomic E-state index is 0.0183. The summed E-state index contributed by atoms with van der Waals surface area (Å²) in [6.45, 7) is 1.37. The first-order valence-corrected chi connectivity index (χ1v) is 10.5. The Hall–Kier alpha value is -2.28. The number of likely N-dealkylation sites (N-methyl/N-ethyl adjacent to an activating group) is 1. The molecule has 0 unspecified atom stereocenters. The monoisotopic (exact) mass is 412 g/mol. The highest BCUT2D eigenvalue weighted by Crippen LogP contribution is 2.41. The van der Waals surface area contributed by atoms with Crippen LogP contribution in [-0.2, 0) is 9.53 Å². The number of benzene rings is 2. The minimum Gasteiger partial charge on any atom is -0.497 e. The topological polar surface area (TPSA) is 42.0 Å². The summed E-state index contributed by atoms with van der Waals surface area (Å²) in [6, 6.07) is 17.9. The number of amides is 1. The van der Waals surface area contributed by atoms with Gasteiger partial charge >= 0.3 is 0 Å². The van der Waals surface area contributed by atoms with E-state index in [4.69, 9.17) is 9.47 Å². The maximum Gasteiger partial charge on any atom is 0.257 e. The number of hydrogen-bond acceptors (Lipinski definition) is 5. The van der Waals surface area contributed by atoms with Crippen LogP contribution in [0, 0.1) is 0 Å². The van der Waals surface area contributed by atoms with Gasteiger partial charge in [0.2, 0.25) is 0 Å². The van der Waals surface area contributed by atoms with Gasteiger partial charge in [0, 0.05) is 20.2 Å². The molecular weight excluding hydrogens is 384 g/mol. The zero-order chi connectivity index (χ0) is 20.8. The molecule has 0 N–H and O–H groups in total. The van der Waals surface area contributed by atoms with Crippen molar-refractivity contribution in [2.24, 2.45) is 0 Å². The highest BCUT2D eigenvalue weighted by Gasteiger charge is 2.37. The van der Waals surface area contributed by atoms with Crippen molar-refractivity contribution in [2.75, 3.05) is 41.4 Å². The quantitative estimate of drug-likeness (QED) is 0.690. The molecule has 0 aliphatic carbocycles. The number of thioether (sulfide) groups is 1. The van der Waals surface area contributed by atoms with E-state index in [2.05, 4.69) is 10.3 Å².